The summed E-state index contributed by atoms with van der Waals surface area (Å²) in [5.41, 5.74) is 8.01. The van der Waals surface area contributed by atoms with E-state index >= 15 is 0 Å². The monoisotopic (exact) mass is 253 g/mol. The lowest BCUT2D eigenvalue weighted by atomic mass is 10.0. The molecule has 0 aliphatic carbocycles. The third-order valence-electron chi connectivity index (χ3n) is 2.36. The molecule has 0 bridgehead atoms. The van der Waals surface area contributed by atoms with Gasteiger partial charge in [-0.05, 0) is 37.1 Å². The first-order chi connectivity index (χ1) is 8.08. The number of hydrogen-bond donors (Lipinski definition) is 1. The Morgan fingerprint density at radius 2 is 2.24 bits per heavy atom. The lowest BCUT2D eigenvalue weighted by Gasteiger charge is -2.08. The van der Waals surface area contributed by atoms with Crippen molar-refractivity contribution in [3.63, 3.8) is 0 Å². The summed E-state index contributed by atoms with van der Waals surface area (Å²) >= 11 is 5.85. The van der Waals surface area contributed by atoms with Crippen molar-refractivity contribution in [2.45, 2.75) is 20.3 Å². The van der Waals surface area contributed by atoms with Gasteiger partial charge in [-0.15, -0.1) is 0 Å². The van der Waals surface area contributed by atoms with Crippen molar-refractivity contribution in [3.05, 3.63) is 34.9 Å². The fourth-order valence-corrected chi connectivity index (χ4v) is 1.60. The molecule has 0 spiro atoms. The molecular formula is C13H16ClNO2. The van der Waals surface area contributed by atoms with E-state index in [4.69, 9.17) is 22.1 Å². The first-order valence-corrected chi connectivity index (χ1v) is 5.82. The molecule has 0 amide bonds. The summed E-state index contributed by atoms with van der Waals surface area (Å²) in [6.07, 6.45) is 2.12. The number of esters is 1. The van der Waals surface area contributed by atoms with Gasteiger partial charge in [0.15, 0.2) is 0 Å². The molecule has 92 valence electrons. The van der Waals surface area contributed by atoms with Crippen LogP contribution in [-0.4, -0.2) is 12.6 Å². The maximum atomic E-state index is 11.4. The first-order valence-electron chi connectivity index (χ1n) is 5.44. The summed E-state index contributed by atoms with van der Waals surface area (Å²) in [5, 5.41) is 0.514. The van der Waals surface area contributed by atoms with Crippen molar-refractivity contribution in [1.29, 1.82) is 0 Å². The molecule has 0 fully saturated rings. The van der Waals surface area contributed by atoms with Gasteiger partial charge in [-0.1, -0.05) is 23.7 Å². The molecule has 0 aliphatic heterocycles. The van der Waals surface area contributed by atoms with E-state index in [1.54, 1.807) is 19.1 Å². The van der Waals surface area contributed by atoms with E-state index in [1.807, 2.05) is 19.1 Å². The van der Waals surface area contributed by atoms with Crippen molar-refractivity contribution in [1.82, 2.24) is 0 Å². The van der Waals surface area contributed by atoms with E-state index in [0.717, 1.165) is 11.1 Å². The van der Waals surface area contributed by atoms with Crippen LogP contribution in [0.25, 0.3) is 5.57 Å². The molecule has 4 heteroatoms. The largest absolute Gasteiger partial charge is 0.466 e. The fraction of sp³-hybridized carbons (Fsp3) is 0.308. The Labute approximate surface area is 106 Å². The summed E-state index contributed by atoms with van der Waals surface area (Å²) in [4.78, 5) is 11.4. The number of carbonyl (C=O) groups is 1. The van der Waals surface area contributed by atoms with Crippen LogP contribution < -0.4 is 5.73 Å². The van der Waals surface area contributed by atoms with E-state index in [1.165, 1.54) is 0 Å². The Balaban J connectivity index is 2.88. The maximum absolute atomic E-state index is 11.4. The number of carbonyl (C=O) groups excluding carboxylic acids is 1. The molecule has 1 rings (SSSR count). The minimum Gasteiger partial charge on any atom is -0.466 e. The number of hydrogen-bond acceptors (Lipinski definition) is 3. The Bertz CT molecular complexity index is 441. The predicted octanol–water partition coefficient (Wildman–Crippen LogP) is 3.28. The second-order valence-corrected chi connectivity index (χ2v) is 3.94. The number of nitrogen functional groups attached to an aromatic ring is 1. The van der Waals surface area contributed by atoms with Gasteiger partial charge in [-0.25, -0.2) is 0 Å². The zero-order chi connectivity index (χ0) is 12.8. The van der Waals surface area contributed by atoms with Crippen LogP contribution in [0.5, 0.6) is 0 Å². The lowest BCUT2D eigenvalue weighted by Crippen LogP contribution is -2.05. The summed E-state index contributed by atoms with van der Waals surface area (Å²) < 4.78 is 4.91. The Kier molecular flexibility index (Phi) is 5.04. The molecule has 0 radical (unpaired) electrons. The Hall–Kier alpha value is -1.48. The molecule has 0 aliphatic rings. The minimum atomic E-state index is -0.242. The summed E-state index contributed by atoms with van der Waals surface area (Å²) in [5.74, 6) is -0.242. The average Bonchev–Trinajstić information content (AvgIpc) is 2.30. The van der Waals surface area contributed by atoms with Gasteiger partial charge in [0.05, 0.1) is 23.7 Å². The van der Waals surface area contributed by atoms with Crippen LogP contribution in [0.15, 0.2) is 24.3 Å². The summed E-state index contributed by atoms with van der Waals surface area (Å²) in [6.45, 7) is 4.05. The van der Waals surface area contributed by atoms with Crippen LogP contribution in [-0.2, 0) is 9.53 Å². The second-order valence-electron chi connectivity index (χ2n) is 3.53. The van der Waals surface area contributed by atoms with Crippen LogP contribution in [0, 0.1) is 0 Å². The highest BCUT2D eigenvalue weighted by Crippen LogP contribution is 2.25. The Morgan fingerprint density at radius 1 is 1.53 bits per heavy atom. The fourth-order valence-electron chi connectivity index (χ4n) is 1.48. The molecule has 0 saturated carbocycles. The van der Waals surface area contributed by atoms with Crippen LogP contribution in [0.4, 0.5) is 5.69 Å². The second kappa shape index (κ2) is 6.30. The maximum Gasteiger partial charge on any atom is 0.310 e. The predicted molar refractivity (Wildman–Crippen MR) is 70.8 cm³/mol. The van der Waals surface area contributed by atoms with Gasteiger partial charge in [0.1, 0.15) is 0 Å². The zero-order valence-electron chi connectivity index (χ0n) is 10.00. The third-order valence-corrected chi connectivity index (χ3v) is 2.70. The summed E-state index contributed by atoms with van der Waals surface area (Å²) in [7, 11) is 0. The number of halogens is 1. The highest BCUT2D eigenvalue weighted by atomic mass is 35.5. The van der Waals surface area contributed by atoms with E-state index < -0.39 is 0 Å². The number of rotatable bonds is 4. The SMILES string of the molecule is CC=C(CC(=O)OCC)c1ccc(Cl)c(N)c1. The standard InChI is InChI=1S/C13H16ClNO2/c1-3-9(8-13(16)17-4-2)10-5-6-11(14)12(15)7-10/h3,5-7H,4,8,15H2,1-2H3. The highest BCUT2D eigenvalue weighted by molar-refractivity contribution is 6.33. The Morgan fingerprint density at radius 3 is 2.76 bits per heavy atom. The van der Waals surface area contributed by atoms with E-state index in [2.05, 4.69) is 0 Å². The van der Waals surface area contributed by atoms with Crippen LogP contribution in [0.2, 0.25) is 5.02 Å². The molecule has 3 nitrogen and oxygen atoms in total. The van der Waals surface area contributed by atoms with Gasteiger partial charge in [-0.2, -0.15) is 0 Å². The number of ether oxygens (including phenoxy) is 1. The normalized spacial score (nSPS) is 11.4. The van der Waals surface area contributed by atoms with Crippen LogP contribution in [0.3, 0.4) is 0 Å². The molecule has 17 heavy (non-hydrogen) atoms. The van der Waals surface area contributed by atoms with Crippen LogP contribution >= 0.6 is 11.6 Å². The first kappa shape index (κ1) is 13.6. The molecule has 0 aromatic heterocycles. The van der Waals surface area contributed by atoms with E-state index in [-0.39, 0.29) is 12.4 Å². The smallest absolute Gasteiger partial charge is 0.310 e. The average molecular weight is 254 g/mol. The molecule has 0 saturated heterocycles. The number of allylic oxidation sites excluding steroid dienone is 1. The molecular weight excluding hydrogens is 238 g/mol. The summed E-state index contributed by atoms with van der Waals surface area (Å²) in [6, 6.07) is 5.32. The number of nitrogens with two attached hydrogens (primary N) is 1. The van der Waals surface area contributed by atoms with Crippen molar-refractivity contribution >= 4 is 28.8 Å². The molecule has 1 aromatic rings. The van der Waals surface area contributed by atoms with Gasteiger partial charge in [0, 0.05) is 0 Å². The van der Waals surface area contributed by atoms with Gasteiger partial charge in [0.2, 0.25) is 0 Å². The van der Waals surface area contributed by atoms with Gasteiger partial charge in [-0.3, -0.25) is 4.79 Å². The van der Waals surface area contributed by atoms with Crippen molar-refractivity contribution in [2.24, 2.45) is 0 Å². The van der Waals surface area contributed by atoms with E-state index in [0.29, 0.717) is 17.3 Å². The van der Waals surface area contributed by atoms with Crippen molar-refractivity contribution < 1.29 is 9.53 Å². The topological polar surface area (TPSA) is 52.3 Å². The van der Waals surface area contributed by atoms with E-state index in [9.17, 15) is 4.79 Å². The quantitative estimate of drug-likeness (QED) is 0.662. The number of anilines is 1. The minimum absolute atomic E-state index is 0.241. The van der Waals surface area contributed by atoms with Crippen molar-refractivity contribution in [2.75, 3.05) is 12.3 Å². The zero-order valence-corrected chi connectivity index (χ0v) is 10.8. The number of benzene rings is 1. The van der Waals surface area contributed by atoms with Gasteiger partial charge < -0.3 is 10.5 Å². The van der Waals surface area contributed by atoms with Crippen LogP contribution in [0.1, 0.15) is 25.8 Å². The molecule has 0 unspecified atom stereocenters. The highest BCUT2D eigenvalue weighted by Gasteiger charge is 2.09. The molecule has 0 atom stereocenters. The molecule has 0 heterocycles. The molecule has 1 aromatic carbocycles. The molecule has 2 N–H and O–H groups in total. The van der Waals surface area contributed by atoms with Gasteiger partial charge in [0.25, 0.3) is 0 Å². The lowest BCUT2D eigenvalue weighted by molar-refractivity contribution is -0.141. The van der Waals surface area contributed by atoms with Gasteiger partial charge >= 0.3 is 5.97 Å². The third kappa shape index (κ3) is 3.79. The van der Waals surface area contributed by atoms with Crippen molar-refractivity contribution in [3.8, 4) is 0 Å².